The van der Waals surface area contributed by atoms with E-state index >= 15 is 0 Å². The minimum absolute atomic E-state index is 0.165. The Hall–Kier alpha value is -2.37. The average molecular weight is 397 g/mol. The van der Waals surface area contributed by atoms with Gasteiger partial charge in [-0.15, -0.1) is 0 Å². The van der Waals surface area contributed by atoms with Crippen LogP contribution in [0, 0.1) is 5.41 Å². The zero-order valence-corrected chi connectivity index (χ0v) is 17.5. The summed E-state index contributed by atoms with van der Waals surface area (Å²) in [4.78, 5) is 33.5. The van der Waals surface area contributed by atoms with E-state index in [1.54, 1.807) is 24.3 Å². The molecule has 1 N–H and O–H groups in total. The third kappa shape index (κ3) is 4.02. The van der Waals surface area contributed by atoms with Gasteiger partial charge in [-0.05, 0) is 56.6 Å². The first-order valence-corrected chi connectivity index (χ1v) is 11.1. The molecule has 6 heteroatoms. The largest absolute Gasteiger partial charge is 0.357 e. The molecular formula is C23H32N4O2. The van der Waals surface area contributed by atoms with Crippen LogP contribution in [0.5, 0.6) is 0 Å². The van der Waals surface area contributed by atoms with Crippen molar-refractivity contribution in [2.75, 3.05) is 32.7 Å². The van der Waals surface area contributed by atoms with Crippen molar-refractivity contribution in [2.45, 2.75) is 51.9 Å². The average Bonchev–Trinajstić information content (AvgIpc) is 3.43. The molecular weight excluding hydrogens is 364 g/mol. The highest BCUT2D eigenvalue weighted by molar-refractivity contribution is 6.21. The molecule has 0 radical (unpaired) electrons. The maximum Gasteiger partial charge on any atom is 0.261 e. The number of rotatable bonds is 6. The summed E-state index contributed by atoms with van der Waals surface area (Å²) in [6, 6.07) is 7.07. The molecule has 0 bridgehead atoms. The van der Waals surface area contributed by atoms with E-state index in [2.05, 4.69) is 17.1 Å². The van der Waals surface area contributed by atoms with E-state index in [4.69, 9.17) is 4.99 Å². The third-order valence-corrected chi connectivity index (χ3v) is 6.67. The third-order valence-electron chi connectivity index (χ3n) is 6.67. The molecule has 1 saturated heterocycles. The van der Waals surface area contributed by atoms with Crippen LogP contribution in [0.15, 0.2) is 29.3 Å². The molecule has 0 aromatic heterocycles. The fourth-order valence-electron chi connectivity index (χ4n) is 5.08. The quantitative estimate of drug-likeness (QED) is 0.347. The Balaban J connectivity index is 1.27. The predicted octanol–water partition coefficient (Wildman–Crippen LogP) is 3.29. The van der Waals surface area contributed by atoms with E-state index in [1.165, 1.54) is 37.0 Å². The minimum Gasteiger partial charge on any atom is -0.357 e. The molecule has 0 unspecified atom stereocenters. The van der Waals surface area contributed by atoms with Crippen molar-refractivity contribution in [3.63, 3.8) is 0 Å². The second-order valence-electron chi connectivity index (χ2n) is 8.63. The molecule has 2 amide bonds. The van der Waals surface area contributed by atoms with E-state index in [0.717, 1.165) is 45.0 Å². The van der Waals surface area contributed by atoms with Gasteiger partial charge in [0.2, 0.25) is 0 Å². The molecule has 156 valence electrons. The van der Waals surface area contributed by atoms with E-state index in [-0.39, 0.29) is 11.8 Å². The number of nitrogens with zero attached hydrogens (tertiary/aromatic N) is 3. The van der Waals surface area contributed by atoms with Gasteiger partial charge in [0, 0.05) is 32.7 Å². The molecule has 6 nitrogen and oxygen atoms in total. The van der Waals surface area contributed by atoms with Crippen molar-refractivity contribution in [1.82, 2.24) is 15.1 Å². The van der Waals surface area contributed by atoms with Crippen molar-refractivity contribution in [3.05, 3.63) is 35.4 Å². The summed E-state index contributed by atoms with van der Waals surface area (Å²) < 4.78 is 0. The number of fused-ring (bicyclic) bond motifs is 1. The molecule has 1 aromatic carbocycles. The number of carbonyl (C=O) groups excluding carboxylic acids is 2. The standard InChI is InChI=1S/C23H32N4O2/c1-2-24-22(26-16-13-23(17-26)11-5-6-12-23)25-14-7-8-15-27-20(28)18-9-3-4-10-19(18)21(27)29/h3-4,9-10H,2,5-8,11-17H2,1H3,(H,24,25). The van der Waals surface area contributed by atoms with Gasteiger partial charge in [0.1, 0.15) is 0 Å². The highest BCUT2D eigenvalue weighted by Gasteiger charge is 2.41. The van der Waals surface area contributed by atoms with E-state index in [1.807, 2.05) is 0 Å². The molecule has 0 atom stereocenters. The summed E-state index contributed by atoms with van der Waals surface area (Å²) >= 11 is 0. The lowest BCUT2D eigenvalue weighted by atomic mass is 9.86. The van der Waals surface area contributed by atoms with Crippen molar-refractivity contribution in [2.24, 2.45) is 10.4 Å². The first-order valence-electron chi connectivity index (χ1n) is 11.1. The van der Waals surface area contributed by atoms with Crippen LogP contribution in [0.2, 0.25) is 0 Å². The molecule has 1 saturated carbocycles. The fourth-order valence-corrected chi connectivity index (χ4v) is 5.08. The molecule has 2 aliphatic heterocycles. The van der Waals surface area contributed by atoms with E-state index in [9.17, 15) is 9.59 Å². The van der Waals surface area contributed by atoms with Crippen LogP contribution in [0.4, 0.5) is 0 Å². The number of carbonyl (C=O) groups is 2. The topological polar surface area (TPSA) is 65.0 Å². The van der Waals surface area contributed by atoms with Gasteiger partial charge in [-0.3, -0.25) is 19.5 Å². The number of likely N-dealkylation sites (tertiary alicyclic amines) is 1. The van der Waals surface area contributed by atoms with Gasteiger partial charge < -0.3 is 10.2 Å². The van der Waals surface area contributed by atoms with Crippen LogP contribution in [-0.2, 0) is 0 Å². The van der Waals surface area contributed by atoms with Crippen molar-refractivity contribution < 1.29 is 9.59 Å². The predicted molar refractivity (Wildman–Crippen MR) is 114 cm³/mol. The first-order chi connectivity index (χ1) is 14.1. The van der Waals surface area contributed by atoms with Gasteiger partial charge in [0.15, 0.2) is 5.96 Å². The second kappa shape index (κ2) is 8.56. The molecule has 1 spiro atoms. The molecule has 3 aliphatic rings. The van der Waals surface area contributed by atoms with Crippen molar-refractivity contribution in [3.8, 4) is 0 Å². The molecule has 29 heavy (non-hydrogen) atoms. The number of benzene rings is 1. The maximum absolute atomic E-state index is 12.4. The van der Waals surface area contributed by atoms with Gasteiger partial charge in [-0.2, -0.15) is 0 Å². The van der Waals surface area contributed by atoms with Gasteiger partial charge >= 0.3 is 0 Å². The monoisotopic (exact) mass is 396 g/mol. The Labute approximate surface area is 173 Å². The lowest BCUT2D eigenvalue weighted by Crippen LogP contribution is -2.41. The number of aliphatic imine (C=N–C) groups is 1. The number of amides is 2. The Morgan fingerprint density at radius 3 is 2.41 bits per heavy atom. The van der Waals surface area contributed by atoms with Crippen LogP contribution >= 0.6 is 0 Å². The maximum atomic E-state index is 12.4. The minimum atomic E-state index is -0.165. The molecule has 1 aromatic rings. The summed E-state index contributed by atoms with van der Waals surface area (Å²) in [5.74, 6) is 0.694. The van der Waals surface area contributed by atoms with Crippen molar-refractivity contribution >= 4 is 17.8 Å². The Bertz CT molecular complexity index is 763. The van der Waals surface area contributed by atoms with Gasteiger partial charge in [-0.1, -0.05) is 25.0 Å². The summed E-state index contributed by atoms with van der Waals surface area (Å²) in [7, 11) is 0. The van der Waals surface area contributed by atoms with Crippen LogP contribution in [0.25, 0.3) is 0 Å². The molecule has 2 heterocycles. The molecule has 1 aliphatic carbocycles. The van der Waals surface area contributed by atoms with Crippen LogP contribution < -0.4 is 5.32 Å². The number of unbranched alkanes of at least 4 members (excludes halogenated alkanes) is 1. The summed E-state index contributed by atoms with van der Waals surface area (Å²) in [6.45, 7) is 6.39. The zero-order chi connectivity index (χ0) is 20.3. The lowest BCUT2D eigenvalue weighted by Gasteiger charge is -2.26. The summed E-state index contributed by atoms with van der Waals surface area (Å²) in [5.41, 5.74) is 1.58. The Morgan fingerprint density at radius 1 is 1.07 bits per heavy atom. The smallest absolute Gasteiger partial charge is 0.261 e. The van der Waals surface area contributed by atoms with E-state index < -0.39 is 0 Å². The molecule has 4 rings (SSSR count). The zero-order valence-electron chi connectivity index (χ0n) is 17.5. The molecule has 2 fully saturated rings. The van der Waals surface area contributed by atoms with Crippen molar-refractivity contribution in [1.29, 1.82) is 0 Å². The normalized spacial score (nSPS) is 20.8. The first kappa shape index (κ1) is 19.9. The van der Waals surface area contributed by atoms with Gasteiger partial charge in [0.25, 0.3) is 11.8 Å². The lowest BCUT2D eigenvalue weighted by molar-refractivity contribution is 0.0652. The number of imide groups is 1. The summed E-state index contributed by atoms with van der Waals surface area (Å²) in [6.07, 6.45) is 8.40. The number of guanidine groups is 1. The second-order valence-corrected chi connectivity index (χ2v) is 8.63. The SMILES string of the molecule is CCNC(=NCCCCN1C(=O)c2ccccc2C1=O)N1CCC2(CCCC2)C1. The van der Waals surface area contributed by atoms with Gasteiger partial charge in [-0.25, -0.2) is 0 Å². The van der Waals surface area contributed by atoms with E-state index in [0.29, 0.717) is 23.1 Å². The number of nitrogens with one attached hydrogen (secondary N) is 1. The van der Waals surface area contributed by atoms with Crippen LogP contribution in [0.1, 0.15) is 72.6 Å². The van der Waals surface area contributed by atoms with Crippen LogP contribution in [-0.4, -0.2) is 60.3 Å². The Morgan fingerprint density at radius 2 is 1.76 bits per heavy atom. The highest BCUT2D eigenvalue weighted by atomic mass is 16.2. The van der Waals surface area contributed by atoms with Crippen LogP contribution in [0.3, 0.4) is 0 Å². The fraction of sp³-hybridized carbons (Fsp3) is 0.609. The number of hydrogen-bond donors (Lipinski definition) is 1. The Kier molecular flexibility index (Phi) is 5.88. The number of hydrogen-bond acceptors (Lipinski definition) is 3. The van der Waals surface area contributed by atoms with Gasteiger partial charge in [0.05, 0.1) is 11.1 Å². The summed E-state index contributed by atoms with van der Waals surface area (Å²) in [5, 5.41) is 3.45. The highest BCUT2D eigenvalue weighted by Crippen LogP contribution is 2.45.